The van der Waals surface area contributed by atoms with E-state index in [0.29, 0.717) is 12.0 Å². The van der Waals surface area contributed by atoms with Crippen LogP contribution in [0.4, 0.5) is 0 Å². The Balaban J connectivity index is 2.21. The Morgan fingerprint density at radius 1 is 1.32 bits per heavy atom. The van der Waals surface area contributed by atoms with Crippen molar-refractivity contribution in [1.82, 2.24) is 5.32 Å². The SMILES string of the molecule is CCCNC(c1ccc2c(c1)CC(C)(C)O2)C(C)C. The molecule has 1 aromatic carbocycles. The van der Waals surface area contributed by atoms with Gasteiger partial charge in [-0.15, -0.1) is 0 Å². The standard InChI is InChI=1S/C17H27NO/c1-6-9-18-16(12(2)3)13-7-8-15-14(10-13)11-17(4,5)19-15/h7-8,10,12,16,18H,6,9,11H2,1-5H3. The zero-order chi connectivity index (χ0) is 14.0. The van der Waals surface area contributed by atoms with Crippen molar-refractivity contribution in [1.29, 1.82) is 0 Å². The molecule has 0 fully saturated rings. The molecular formula is C17H27NO. The van der Waals surface area contributed by atoms with Crippen LogP contribution in [0, 0.1) is 5.92 Å². The Kier molecular flexibility index (Phi) is 4.19. The van der Waals surface area contributed by atoms with E-state index in [1.54, 1.807) is 0 Å². The fraction of sp³-hybridized carbons (Fsp3) is 0.647. The number of nitrogens with one attached hydrogen (secondary N) is 1. The van der Waals surface area contributed by atoms with Crippen molar-refractivity contribution >= 4 is 0 Å². The van der Waals surface area contributed by atoms with E-state index in [0.717, 1.165) is 18.7 Å². The summed E-state index contributed by atoms with van der Waals surface area (Å²) in [5.74, 6) is 1.66. The average molecular weight is 261 g/mol. The predicted molar refractivity (Wildman–Crippen MR) is 80.7 cm³/mol. The molecule has 2 nitrogen and oxygen atoms in total. The van der Waals surface area contributed by atoms with Crippen molar-refractivity contribution < 1.29 is 4.74 Å². The molecule has 0 amide bonds. The van der Waals surface area contributed by atoms with Crippen LogP contribution in [-0.2, 0) is 6.42 Å². The summed E-state index contributed by atoms with van der Waals surface area (Å²) in [7, 11) is 0. The molecule has 1 aromatic rings. The quantitative estimate of drug-likeness (QED) is 0.861. The second-order valence-electron chi connectivity index (χ2n) is 6.58. The molecule has 0 aliphatic carbocycles. The van der Waals surface area contributed by atoms with E-state index in [-0.39, 0.29) is 5.60 Å². The highest BCUT2D eigenvalue weighted by Gasteiger charge is 2.30. The van der Waals surface area contributed by atoms with Crippen LogP contribution in [0.2, 0.25) is 0 Å². The first kappa shape index (κ1) is 14.4. The highest BCUT2D eigenvalue weighted by molar-refractivity contribution is 5.42. The van der Waals surface area contributed by atoms with Crippen LogP contribution in [0.1, 0.15) is 58.2 Å². The minimum Gasteiger partial charge on any atom is -0.487 e. The van der Waals surface area contributed by atoms with Crippen molar-refractivity contribution in [2.75, 3.05) is 6.54 Å². The lowest BCUT2D eigenvalue weighted by molar-refractivity contribution is 0.138. The third-order valence-corrected chi connectivity index (χ3v) is 3.73. The van der Waals surface area contributed by atoms with Crippen LogP contribution < -0.4 is 10.1 Å². The number of ether oxygens (including phenoxy) is 1. The molecule has 2 rings (SSSR count). The summed E-state index contributed by atoms with van der Waals surface area (Å²) in [5.41, 5.74) is 2.69. The molecule has 0 aromatic heterocycles. The number of hydrogen-bond donors (Lipinski definition) is 1. The lowest BCUT2D eigenvalue weighted by Gasteiger charge is -2.23. The van der Waals surface area contributed by atoms with Gasteiger partial charge in [0.15, 0.2) is 0 Å². The first-order valence-corrected chi connectivity index (χ1v) is 7.48. The molecule has 0 radical (unpaired) electrons. The van der Waals surface area contributed by atoms with E-state index in [1.807, 2.05) is 0 Å². The topological polar surface area (TPSA) is 21.3 Å². The largest absolute Gasteiger partial charge is 0.487 e. The molecule has 0 saturated carbocycles. The van der Waals surface area contributed by atoms with Gasteiger partial charge in [0.2, 0.25) is 0 Å². The molecule has 1 atom stereocenters. The number of hydrogen-bond acceptors (Lipinski definition) is 2. The maximum atomic E-state index is 5.95. The van der Waals surface area contributed by atoms with Crippen molar-refractivity contribution in [3.63, 3.8) is 0 Å². The molecule has 0 bridgehead atoms. The smallest absolute Gasteiger partial charge is 0.123 e. The summed E-state index contributed by atoms with van der Waals surface area (Å²) in [6.07, 6.45) is 2.18. The van der Waals surface area contributed by atoms with Crippen LogP contribution in [-0.4, -0.2) is 12.1 Å². The number of fused-ring (bicyclic) bond motifs is 1. The summed E-state index contributed by atoms with van der Waals surface area (Å²) >= 11 is 0. The van der Waals surface area contributed by atoms with Crippen LogP contribution in [0.25, 0.3) is 0 Å². The predicted octanol–water partition coefficient (Wildman–Crippen LogP) is 4.10. The Hall–Kier alpha value is -1.02. The fourth-order valence-electron chi connectivity index (χ4n) is 2.86. The summed E-state index contributed by atoms with van der Waals surface area (Å²) < 4.78 is 5.95. The molecule has 0 saturated heterocycles. The van der Waals surface area contributed by atoms with Gasteiger partial charge in [-0.1, -0.05) is 32.9 Å². The molecule has 1 unspecified atom stereocenters. The van der Waals surface area contributed by atoms with Gasteiger partial charge >= 0.3 is 0 Å². The summed E-state index contributed by atoms with van der Waals surface area (Å²) in [4.78, 5) is 0. The fourth-order valence-corrected chi connectivity index (χ4v) is 2.86. The van der Waals surface area contributed by atoms with Crippen LogP contribution in [0.15, 0.2) is 18.2 Å². The van der Waals surface area contributed by atoms with Crippen molar-refractivity contribution in [2.24, 2.45) is 5.92 Å². The molecule has 1 aliphatic rings. The van der Waals surface area contributed by atoms with Gasteiger partial charge < -0.3 is 10.1 Å². The maximum Gasteiger partial charge on any atom is 0.123 e. The van der Waals surface area contributed by atoms with Crippen LogP contribution >= 0.6 is 0 Å². The molecule has 0 spiro atoms. The van der Waals surface area contributed by atoms with Crippen molar-refractivity contribution in [2.45, 2.75) is 59.1 Å². The Labute approximate surface area is 117 Å². The molecule has 2 heteroatoms. The molecule has 19 heavy (non-hydrogen) atoms. The highest BCUT2D eigenvalue weighted by atomic mass is 16.5. The van der Waals surface area contributed by atoms with Crippen LogP contribution in [0.5, 0.6) is 5.75 Å². The Bertz CT molecular complexity index is 437. The molecular weight excluding hydrogens is 234 g/mol. The number of benzene rings is 1. The van der Waals surface area contributed by atoms with E-state index in [1.165, 1.54) is 17.5 Å². The second kappa shape index (κ2) is 5.54. The van der Waals surface area contributed by atoms with Gasteiger partial charge in [-0.2, -0.15) is 0 Å². The molecule has 1 heterocycles. The first-order chi connectivity index (χ1) is 8.93. The zero-order valence-electron chi connectivity index (χ0n) is 12.9. The van der Waals surface area contributed by atoms with E-state index < -0.39 is 0 Å². The lowest BCUT2D eigenvalue weighted by atomic mass is 9.92. The third kappa shape index (κ3) is 3.30. The zero-order valence-corrected chi connectivity index (χ0v) is 12.9. The van der Waals surface area contributed by atoms with Gasteiger partial charge in [0.05, 0.1) is 0 Å². The van der Waals surface area contributed by atoms with Gasteiger partial charge in [0.1, 0.15) is 11.4 Å². The first-order valence-electron chi connectivity index (χ1n) is 7.48. The maximum absolute atomic E-state index is 5.95. The minimum absolute atomic E-state index is 0.0505. The Morgan fingerprint density at radius 2 is 2.05 bits per heavy atom. The monoisotopic (exact) mass is 261 g/mol. The van der Waals surface area contributed by atoms with Gasteiger partial charge in [-0.05, 0) is 49.9 Å². The van der Waals surface area contributed by atoms with Gasteiger partial charge in [-0.3, -0.25) is 0 Å². The van der Waals surface area contributed by atoms with Crippen molar-refractivity contribution in [3.05, 3.63) is 29.3 Å². The second-order valence-corrected chi connectivity index (χ2v) is 6.58. The highest BCUT2D eigenvalue weighted by Crippen LogP contribution is 2.37. The lowest BCUT2D eigenvalue weighted by Crippen LogP contribution is -2.26. The molecule has 106 valence electrons. The summed E-state index contributed by atoms with van der Waals surface area (Å²) in [5, 5.41) is 3.66. The minimum atomic E-state index is -0.0505. The third-order valence-electron chi connectivity index (χ3n) is 3.73. The van der Waals surface area contributed by atoms with Crippen molar-refractivity contribution in [3.8, 4) is 5.75 Å². The average Bonchev–Trinajstić information content (AvgIpc) is 2.62. The Morgan fingerprint density at radius 3 is 2.68 bits per heavy atom. The molecule has 1 aliphatic heterocycles. The summed E-state index contributed by atoms with van der Waals surface area (Å²) in [6, 6.07) is 7.13. The van der Waals surface area contributed by atoms with Crippen LogP contribution in [0.3, 0.4) is 0 Å². The van der Waals surface area contributed by atoms with E-state index in [4.69, 9.17) is 4.74 Å². The summed E-state index contributed by atoms with van der Waals surface area (Å²) in [6.45, 7) is 12.2. The molecule has 1 N–H and O–H groups in total. The van der Waals surface area contributed by atoms with E-state index >= 15 is 0 Å². The van der Waals surface area contributed by atoms with E-state index in [9.17, 15) is 0 Å². The normalized spacial score (nSPS) is 18.2. The van der Waals surface area contributed by atoms with Gasteiger partial charge in [0.25, 0.3) is 0 Å². The van der Waals surface area contributed by atoms with Gasteiger partial charge in [0, 0.05) is 12.5 Å². The van der Waals surface area contributed by atoms with E-state index in [2.05, 4.69) is 58.1 Å². The van der Waals surface area contributed by atoms with Gasteiger partial charge in [-0.25, -0.2) is 0 Å². The number of rotatable bonds is 5.